The van der Waals surface area contributed by atoms with Gasteiger partial charge in [-0.1, -0.05) is 42.5 Å². The summed E-state index contributed by atoms with van der Waals surface area (Å²) in [5.41, 5.74) is 2.80. The molecule has 2 aromatic carbocycles. The lowest BCUT2D eigenvalue weighted by atomic mass is 10.0. The molecule has 1 saturated heterocycles. The van der Waals surface area contributed by atoms with Crippen molar-refractivity contribution >= 4 is 35.2 Å². The van der Waals surface area contributed by atoms with Crippen molar-refractivity contribution in [1.82, 2.24) is 10.2 Å². The summed E-state index contributed by atoms with van der Waals surface area (Å²) in [4.78, 5) is 26.0. The molecule has 27 heavy (non-hydrogen) atoms. The number of nitrogens with one attached hydrogen (secondary N) is 1. The third-order valence-electron chi connectivity index (χ3n) is 4.12. The van der Waals surface area contributed by atoms with Gasteiger partial charge in [-0.25, -0.2) is 0 Å². The Balaban J connectivity index is 1.88. The molecule has 136 valence electrons. The van der Waals surface area contributed by atoms with Crippen LogP contribution >= 0.6 is 12.2 Å². The summed E-state index contributed by atoms with van der Waals surface area (Å²) < 4.78 is 5.25. The topological polar surface area (TPSA) is 58.6 Å². The number of rotatable bonds is 5. The van der Waals surface area contributed by atoms with Crippen molar-refractivity contribution in [3.63, 3.8) is 0 Å². The van der Waals surface area contributed by atoms with Gasteiger partial charge in [-0.05, 0) is 47.1 Å². The first-order valence-electron chi connectivity index (χ1n) is 8.27. The SMILES string of the molecule is C=CCN1C(=O)/C(=C/c2ccc(-c3cccc(OC)c3)cc2)C(=O)NC1=S. The standard InChI is InChI=1S/C21H18N2O3S/c1-3-11-23-20(25)18(19(24)22-21(23)27)12-14-7-9-15(10-8-14)16-5-4-6-17(13-16)26-2/h3-10,12-13H,1,11H2,2H3,(H,22,24,27)/b18-12+. The van der Waals surface area contributed by atoms with Crippen LogP contribution in [-0.4, -0.2) is 35.5 Å². The third kappa shape index (κ3) is 3.96. The Morgan fingerprint density at radius 2 is 1.89 bits per heavy atom. The summed E-state index contributed by atoms with van der Waals surface area (Å²) in [6.45, 7) is 3.85. The molecule has 0 saturated carbocycles. The third-order valence-corrected chi connectivity index (χ3v) is 4.44. The fourth-order valence-electron chi connectivity index (χ4n) is 2.73. The van der Waals surface area contributed by atoms with E-state index in [0.29, 0.717) is 0 Å². The number of methoxy groups -OCH3 is 1. The molecule has 0 aromatic heterocycles. The van der Waals surface area contributed by atoms with Gasteiger partial charge in [0.2, 0.25) is 0 Å². The lowest BCUT2D eigenvalue weighted by Gasteiger charge is -2.27. The summed E-state index contributed by atoms with van der Waals surface area (Å²) in [6, 6.07) is 15.3. The zero-order valence-corrected chi connectivity index (χ0v) is 15.6. The summed E-state index contributed by atoms with van der Waals surface area (Å²) >= 11 is 5.04. The molecule has 0 bridgehead atoms. The maximum atomic E-state index is 12.5. The average Bonchev–Trinajstić information content (AvgIpc) is 2.69. The molecule has 0 aliphatic carbocycles. The van der Waals surface area contributed by atoms with Gasteiger partial charge in [-0.15, -0.1) is 6.58 Å². The van der Waals surface area contributed by atoms with E-state index in [-0.39, 0.29) is 17.2 Å². The summed E-state index contributed by atoms with van der Waals surface area (Å²) in [5.74, 6) is -0.149. The Morgan fingerprint density at radius 3 is 2.56 bits per heavy atom. The van der Waals surface area contributed by atoms with Gasteiger partial charge in [0.05, 0.1) is 7.11 Å². The van der Waals surface area contributed by atoms with E-state index in [9.17, 15) is 9.59 Å². The maximum Gasteiger partial charge on any atom is 0.265 e. The number of hydrogen-bond donors (Lipinski definition) is 1. The largest absolute Gasteiger partial charge is 0.497 e. The summed E-state index contributed by atoms with van der Waals surface area (Å²) in [5, 5.41) is 2.63. The zero-order valence-electron chi connectivity index (χ0n) is 14.8. The van der Waals surface area contributed by atoms with E-state index in [1.807, 2.05) is 48.5 Å². The zero-order chi connectivity index (χ0) is 19.4. The highest BCUT2D eigenvalue weighted by molar-refractivity contribution is 7.80. The predicted molar refractivity (Wildman–Crippen MR) is 109 cm³/mol. The highest BCUT2D eigenvalue weighted by Gasteiger charge is 2.32. The molecule has 1 fully saturated rings. The van der Waals surface area contributed by atoms with Crippen LogP contribution in [0.25, 0.3) is 17.2 Å². The van der Waals surface area contributed by atoms with Gasteiger partial charge < -0.3 is 4.74 Å². The molecule has 1 N–H and O–H groups in total. The second-order valence-electron chi connectivity index (χ2n) is 5.88. The molecule has 5 nitrogen and oxygen atoms in total. The molecule has 1 aliphatic rings. The van der Waals surface area contributed by atoms with Crippen molar-refractivity contribution < 1.29 is 14.3 Å². The molecule has 2 amide bonds. The van der Waals surface area contributed by atoms with Gasteiger partial charge in [-0.3, -0.25) is 19.8 Å². The quantitative estimate of drug-likeness (QED) is 0.376. The van der Waals surface area contributed by atoms with Crippen molar-refractivity contribution in [3.8, 4) is 16.9 Å². The predicted octanol–water partition coefficient (Wildman–Crippen LogP) is 3.17. The van der Waals surface area contributed by atoms with Gasteiger partial charge in [0.15, 0.2) is 5.11 Å². The number of nitrogens with zero attached hydrogens (tertiary/aromatic N) is 1. The highest BCUT2D eigenvalue weighted by atomic mass is 32.1. The first-order valence-corrected chi connectivity index (χ1v) is 8.68. The number of hydrogen-bond acceptors (Lipinski definition) is 4. The van der Waals surface area contributed by atoms with E-state index >= 15 is 0 Å². The Hall–Kier alpha value is -3.25. The van der Waals surface area contributed by atoms with Gasteiger partial charge in [-0.2, -0.15) is 0 Å². The first kappa shape index (κ1) is 18.5. The van der Waals surface area contributed by atoms with Crippen LogP contribution < -0.4 is 10.1 Å². The molecule has 0 radical (unpaired) electrons. The van der Waals surface area contributed by atoms with E-state index in [0.717, 1.165) is 22.4 Å². The van der Waals surface area contributed by atoms with Crippen molar-refractivity contribution in [2.75, 3.05) is 13.7 Å². The van der Waals surface area contributed by atoms with Crippen molar-refractivity contribution in [1.29, 1.82) is 0 Å². The van der Waals surface area contributed by atoms with Gasteiger partial charge in [0.25, 0.3) is 11.8 Å². The minimum Gasteiger partial charge on any atom is -0.497 e. The molecule has 1 aliphatic heterocycles. The number of benzene rings is 2. The van der Waals surface area contributed by atoms with E-state index in [1.54, 1.807) is 19.3 Å². The van der Waals surface area contributed by atoms with Crippen LogP contribution in [-0.2, 0) is 9.59 Å². The molecule has 2 aromatic rings. The maximum absolute atomic E-state index is 12.5. The van der Waals surface area contributed by atoms with Gasteiger partial charge in [0, 0.05) is 6.54 Å². The second-order valence-corrected chi connectivity index (χ2v) is 6.26. The minimum absolute atomic E-state index is 0.0413. The van der Waals surface area contributed by atoms with E-state index < -0.39 is 11.8 Å². The minimum atomic E-state index is -0.498. The van der Waals surface area contributed by atoms with Crippen molar-refractivity contribution in [2.45, 2.75) is 0 Å². The van der Waals surface area contributed by atoms with Crippen molar-refractivity contribution in [3.05, 3.63) is 72.3 Å². The van der Waals surface area contributed by atoms with E-state index in [2.05, 4.69) is 11.9 Å². The van der Waals surface area contributed by atoms with Crippen LogP contribution in [0.15, 0.2) is 66.8 Å². The molecule has 0 spiro atoms. The van der Waals surface area contributed by atoms with E-state index in [1.165, 1.54) is 4.90 Å². The number of thiocarbonyl (C=S) groups is 1. The lowest BCUT2D eigenvalue weighted by Crippen LogP contribution is -2.53. The number of carbonyl (C=O) groups is 2. The Morgan fingerprint density at radius 1 is 1.15 bits per heavy atom. The van der Waals surface area contributed by atoms with Crippen LogP contribution in [0.3, 0.4) is 0 Å². The van der Waals surface area contributed by atoms with Crippen molar-refractivity contribution in [2.24, 2.45) is 0 Å². The number of carbonyl (C=O) groups excluding carboxylic acids is 2. The summed E-state index contributed by atoms with van der Waals surface area (Å²) in [7, 11) is 1.63. The fourth-order valence-corrected chi connectivity index (χ4v) is 2.98. The highest BCUT2D eigenvalue weighted by Crippen LogP contribution is 2.25. The fraction of sp³-hybridized carbons (Fsp3) is 0.0952. The normalized spacial score (nSPS) is 15.7. The Bertz CT molecular complexity index is 948. The molecular formula is C21H18N2O3S. The smallest absolute Gasteiger partial charge is 0.265 e. The van der Waals surface area contributed by atoms with Gasteiger partial charge in [0.1, 0.15) is 11.3 Å². The lowest BCUT2D eigenvalue weighted by molar-refractivity contribution is -0.128. The molecule has 3 rings (SSSR count). The molecular weight excluding hydrogens is 360 g/mol. The van der Waals surface area contributed by atoms with Crippen LogP contribution in [0, 0.1) is 0 Å². The summed E-state index contributed by atoms with van der Waals surface area (Å²) in [6.07, 6.45) is 3.12. The van der Waals surface area contributed by atoms with Crippen LogP contribution in [0.5, 0.6) is 5.75 Å². The first-order chi connectivity index (χ1) is 13.0. The average molecular weight is 378 g/mol. The Labute approximate surface area is 162 Å². The number of amides is 2. The Kier molecular flexibility index (Phi) is 5.47. The van der Waals surface area contributed by atoms with Crippen LogP contribution in [0.2, 0.25) is 0 Å². The number of ether oxygens (including phenoxy) is 1. The van der Waals surface area contributed by atoms with E-state index in [4.69, 9.17) is 17.0 Å². The molecule has 0 atom stereocenters. The van der Waals surface area contributed by atoms with Crippen LogP contribution in [0.4, 0.5) is 0 Å². The molecule has 1 heterocycles. The van der Waals surface area contributed by atoms with Crippen LogP contribution in [0.1, 0.15) is 5.56 Å². The second kappa shape index (κ2) is 7.97. The van der Waals surface area contributed by atoms with Gasteiger partial charge >= 0.3 is 0 Å². The molecule has 6 heteroatoms. The monoisotopic (exact) mass is 378 g/mol. The molecule has 0 unspecified atom stereocenters.